The number of phenolic OH excluding ortho intramolecular Hbond substituents is 1. The number of hydrogen-bond acceptors (Lipinski definition) is 6. The van der Waals surface area contributed by atoms with Gasteiger partial charge >= 0.3 is 0 Å². The molecular formula is C29H24N2O6. The van der Waals surface area contributed by atoms with E-state index in [4.69, 9.17) is 9.47 Å². The second-order valence-corrected chi connectivity index (χ2v) is 9.06. The van der Waals surface area contributed by atoms with Gasteiger partial charge in [-0.3, -0.25) is 9.59 Å². The number of benzene rings is 3. The number of aromatic hydroxyl groups is 1. The molecule has 0 aliphatic carbocycles. The Labute approximate surface area is 212 Å². The Morgan fingerprint density at radius 1 is 0.973 bits per heavy atom. The maximum Gasteiger partial charge on any atom is 0.295 e. The van der Waals surface area contributed by atoms with E-state index in [9.17, 15) is 19.8 Å². The Kier molecular flexibility index (Phi) is 5.56. The van der Waals surface area contributed by atoms with E-state index >= 15 is 0 Å². The highest BCUT2D eigenvalue weighted by Gasteiger charge is 2.46. The number of ketones is 1. The Bertz CT molecular complexity index is 1570. The van der Waals surface area contributed by atoms with E-state index in [1.165, 1.54) is 17.0 Å². The van der Waals surface area contributed by atoms with Gasteiger partial charge in [0.2, 0.25) is 0 Å². The van der Waals surface area contributed by atoms with E-state index in [-0.39, 0.29) is 23.6 Å². The molecule has 3 heterocycles. The molecule has 0 spiro atoms. The van der Waals surface area contributed by atoms with Gasteiger partial charge in [-0.2, -0.15) is 0 Å². The lowest BCUT2D eigenvalue weighted by atomic mass is 9.95. The van der Waals surface area contributed by atoms with Gasteiger partial charge in [0.15, 0.2) is 11.5 Å². The number of phenols is 1. The van der Waals surface area contributed by atoms with Crippen LogP contribution in [0.2, 0.25) is 0 Å². The van der Waals surface area contributed by atoms with Gasteiger partial charge in [-0.05, 0) is 53.9 Å². The van der Waals surface area contributed by atoms with Crippen LogP contribution >= 0.6 is 0 Å². The zero-order valence-electron chi connectivity index (χ0n) is 19.8. The number of nitrogens with zero attached hydrogens (tertiary/aromatic N) is 1. The lowest BCUT2D eigenvalue weighted by molar-refractivity contribution is -0.139. The summed E-state index contributed by atoms with van der Waals surface area (Å²) in [6.45, 7) is 1.04. The fourth-order valence-electron chi connectivity index (χ4n) is 5.08. The van der Waals surface area contributed by atoms with Crippen LogP contribution in [0.1, 0.15) is 22.7 Å². The predicted octanol–water partition coefficient (Wildman–Crippen LogP) is 4.31. The second kappa shape index (κ2) is 9.05. The standard InChI is InChI=1S/C29H24N2O6/c32-20-5-3-4-17(14-20)26-25(27(33)18-8-9-23-24(15-18)37-13-12-36-23)28(34)29(35)31(26)11-10-19-16-30-22-7-2-1-6-21(19)22/h1-9,14-16,26,30,32-33H,10-13H2/b27-25-. The Morgan fingerprint density at radius 2 is 1.78 bits per heavy atom. The number of aliphatic hydroxyl groups excluding tert-OH is 1. The van der Waals surface area contributed by atoms with Crippen LogP contribution in [0, 0.1) is 0 Å². The van der Waals surface area contributed by atoms with E-state index in [1.54, 1.807) is 30.3 Å². The molecule has 8 nitrogen and oxygen atoms in total. The molecular weight excluding hydrogens is 472 g/mol. The monoisotopic (exact) mass is 496 g/mol. The van der Waals surface area contributed by atoms with E-state index < -0.39 is 17.7 Å². The minimum Gasteiger partial charge on any atom is -0.508 e. The summed E-state index contributed by atoms with van der Waals surface area (Å²) in [7, 11) is 0. The number of para-hydroxylation sites is 1. The molecule has 1 atom stereocenters. The van der Waals surface area contributed by atoms with E-state index in [2.05, 4.69) is 4.98 Å². The third kappa shape index (κ3) is 3.96. The first-order valence-corrected chi connectivity index (χ1v) is 12.0. The van der Waals surface area contributed by atoms with Crippen LogP contribution in [0.25, 0.3) is 16.7 Å². The number of ether oxygens (including phenoxy) is 2. The summed E-state index contributed by atoms with van der Waals surface area (Å²) >= 11 is 0. The summed E-state index contributed by atoms with van der Waals surface area (Å²) in [6, 6.07) is 18.3. The average Bonchev–Trinajstić information content (AvgIpc) is 3.45. The number of aromatic nitrogens is 1. The lowest BCUT2D eigenvalue weighted by Crippen LogP contribution is -2.31. The van der Waals surface area contributed by atoms with E-state index in [1.807, 2.05) is 30.5 Å². The predicted molar refractivity (Wildman–Crippen MR) is 137 cm³/mol. The Morgan fingerprint density at radius 3 is 2.62 bits per heavy atom. The highest BCUT2D eigenvalue weighted by atomic mass is 16.6. The number of likely N-dealkylation sites (tertiary alicyclic amines) is 1. The van der Waals surface area contributed by atoms with Crippen molar-refractivity contribution in [3.8, 4) is 17.2 Å². The van der Waals surface area contributed by atoms with E-state index in [0.717, 1.165) is 16.5 Å². The van der Waals surface area contributed by atoms with Crippen molar-refractivity contribution in [1.29, 1.82) is 0 Å². The Hall–Kier alpha value is -4.72. The highest BCUT2D eigenvalue weighted by molar-refractivity contribution is 6.46. The molecule has 3 aromatic carbocycles. The van der Waals surface area contributed by atoms with Crippen molar-refractivity contribution < 1.29 is 29.3 Å². The molecule has 2 aliphatic rings. The number of carbonyl (C=O) groups is 2. The van der Waals surface area contributed by atoms with Crippen LogP contribution in [-0.4, -0.2) is 51.5 Å². The minimum absolute atomic E-state index is 0.000883. The molecule has 8 heteroatoms. The summed E-state index contributed by atoms with van der Waals surface area (Å²) in [5.74, 6) is -0.784. The molecule has 186 valence electrons. The summed E-state index contributed by atoms with van der Waals surface area (Å²) < 4.78 is 11.2. The number of aliphatic hydroxyl groups is 1. The minimum atomic E-state index is -0.870. The molecule has 0 radical (unpaired) electrons. The third-order valence-electron chi connectivity index (χ3n) is 6.84. The summed E-state index contributed by atoms with van der Waals surface area (Å²) in [4.78, 5) is 31.3. The number of aromatic amines is 1. The second-order valence-electron chi connectivity index (χ2n) is 9.06. The first-order valence-electron chi connectivity index (χ1n) is 12.0. The normalized spacial score (nSPS) is 18.5. The molecule has 1 amide bonds. The van der Waals surface area contributed by atoms with Crippen LogP contribution in [0.5, 0.6) is 17.2 Å². The van der Waals surface area contributed by atoms with Crippen LogP contribution in [-0.2, 0) is 16.0 Å². The molecule has 1 saturated heterocycles. The van der Waals surface area contributed by atoms with Gasteiger partial charge < -0.3 is 29.6 Å². The summed E-state index contributed by atoms with van der Waals surface area (Å²) in [5.41, 5.74) is 2.83. The van der Waals surface area contributed by atoms with Gasteiger partial charge in [-0.1, -0.05) is 30.3 Å². The van der Waals surface area contributed by atoms with Gasteiger partial charge in [0.1, 0.15) is 24.7 Å². The first-order chi connectivity index (χ1) is 18.0. The lowest BCUT2D eigenvalue weighted by Gasteiger charge is -2.25. The molecule has 1 unspecified atom stereocenters. The molecule has 0 bridgehead atoms. The van der Waals surface area contributed by atoms with Crippen molar-refractivity contribution in [2.45, 2.75) is 12.5 Å². The van der Waals surface area contributed by atoms with Crippen molar-refractivity contribution in [3.05, 3.63) is 95.2 Å². The number of hydrogen-bond donors (Lipinski definition) is 3. The SMILES string of the molecule is O=C1C(=O)N(CCc2c[nH]c3ccccc23)C(c2cccc(O)c2)/C1=C(/O)c1ccc2c(c1)OCCO2. The van der Waals surface area contributed by atoms with Crippen molar-refractivity contribution in [3.63, 3.8) is 0 Å². The number of nitrogens with one attached hydrogen (secondary N) is 1. The van der Waals surface area contributed by atoms with Crippen LogP contribution in [0.3, 0.4) is 0 Å². The van der Waals surface area contributed by atoms with Crippen LogP contribution < -0.4 is 9.47 Å². The number of Topliss-reactive ketones (excluding diaryl/α,β-unsaturated/α-hetero) is 1. The molecule has 6 rings (SSSR count). The van der Waals surface area contributed by atoms with Crippen molar-refractivity contribution in [1.82, 2.24) is 9.88 Å². The topological polar surface area (TPSA) is 112 Å². The summed E-state index contributed by atoms with van der Waals surface area (Å²) in [6.07, 6.45) is 2.40. The number of amides is 1. The highest BCUT2D eigenvalue weighted by Crippen LogP contribution is 2.41. The fourth-order valence-corrected chi connectivity index (χ4v) is 5.08. The van der Waals surface area contributed by atoms with Gasteiger partial charge in [0, 0.05) is 29.2 Å². The van der Waals surface area contributed by atoms with Crippen LogP contribution in [0.4, 0.5) is 0 Å². The third-order valence-corrected chi connectivity index (χ3v) is 6.84. The van der Waals surface area contributed by atoms with Gasteiger partial charge in [0.25, 0.3) is 11.7 Å². The fraction of sp³-hybridized carbons (Fsp3) is 0.172. The molecule has 0 saturated carbocycles. The number of H-pyrrole nitrogens is 1. The van der Waals surface area contributed by atoms with Crippen molar-refractivity contribution >= 4 is 28.4 Å². The Balaban J connectivity index is 1.41. The number of rotatable bonds is 5. The van der Waals surface area contributed by atoms with Gasteiger partial charge in [0.05, 0.1) is 11.6 Å². The van der Waals surface area contributed by atoms with E-state index in [0.29, 0.717) is 42.3 Å². The quantitative estimate of drug-likeness (QED) is 0.216. The molecule has 2 aliphatic heterocycles. The maximum atomic E-state index is 13.3. The molecule has 37 heavy (non-hydrogen) atoms. The summed E-state index contributed by atoms with van der Waals surface area (Å²) in [5, 5.41) is 22.5. The zero-order valence-corrected chi connectivity index (χ0v) is 19.8. The molecule has 3 N–H and O–H groups in total. The molecule has 1 fully saturated rings. The van der Waals surface area contributed by atoms with Crippen molar-refractivity contribution in [2.24, 2.45) is 0 Å². The maximum absolute atomic E-state index is 13.3. The van der Waals surface area contributed by atoms with Gasteiger partial charge in [-0.15, -0.1) is 0 Å². The number of fused-ring (bicyclic) bond motifs is 2. The van der Waals surface area contributed by atoms with Gasteiger partial charge in [-0.25, -0.2) is 0 Å². The van der Waals surface area contributed by atoms with Crippen LogP contribution in [0.15, 0.2) is 78.5 Å². The first kappa shape index (κ1) is 22.7. The molecule has 1 aromatic heterocycles. The average molecular weight is 497 g/mol. The smallest absolute Gasteiger partial charge is 0.295 e. The van der Waals surface area contributed by atoms with Crippen molar-refractivity contribution in [2.75, 3.05) is 19.8 Å². The molecule has 4 aromatic rings. The largest absolute Gasteiger partial charge is 0.508 e. The number of carbonyl (C=O) groups excluding carboxylic acids is 2. The zero-order chi connectivity index (χ0) is 25.5.